The van der Waals surface area contributed by atoms with E-state index in [1.807, 2.05) is 38.4 Å². The molecule has 0 radical (unpaired) electrons. The van der Waals surface area contributed by atoms with Crippen LogP contribution in [-0.4, -0.2) is 33.4 Å². The third kappa shape index (κ3) is 4.68. The second-order valence-electron chi connectivity index (χ2n) is 6.62. The lowest BCUT2D eigenvalue weighted by Gasteiger charge is -2.17. The molecule has 0 saturated heterocycles. The molecule has 3 rings (SSSR count). The van der Waals surface area contributed by atoms with Crippen molar-refractivity contribution in [3.8, 4) is 11.4 Å². The summed E-state index contributed by atoms with van der Waals surface area (Å²) in [6.45, 7) is 2.32. The summed E-state index contributed by atoms with van der Waals surface area (Å²) >= 11 is 0. The maximum absolute atomic E-state index is 14.3. The number of carbonyl (C=O) groups is 1. The summed E-state index contributed by atoms with van der Waals surface area (Å²) in [5.41, 5.74) is 8.59. The van der Waals surface area contributed by atoms with E-state index in [9.17, 15) is 9.18 Å². The number of hydrogen-bond acceptors (Lipinski definition) is 4. The number of primary amides is 1. The van der Waals surface area contributed by atoms with Gasteiger partial charge in [-0.1, -0.05) is 6.07 Å². The Morgan fingerprint density at radius 2 is 2.19 bits per heavy atom. The number of rotatable bonds is 4. The van der Waals surface area contributed by atoms with Crippen LogP contribution < -0.4 is 5.73 Å². The van der Waals surface area contributed by atoms with E-state index in [0.29, 0.717) is 19.4 Å². The van der Waals surface area contributed by atoms with Gasteiger partial charge in [0, 0.05) is 32.5 Å². The molecule has 142 valence electrons. The Labute approximate surface area is 157 Å². The number of aryl methyl sites for hydroxylation is 1. The van der Waals surface area contributed by atoms with Crippen LogP contribution in [0.15, 0.2) is 53.6 Å². The predicted octanol–water partition coefficient (Wildman–Crippen LogP) is 2.86. The first-order valence-electron chi connectivity index (χ1n) is 8.89. The third-order valence-electron chi connectivity index (χ3n) is 4.53. The van der Waals surface area contributed by atoms with Crippen molar-refractivity contribution in [1.29, 1.82) is 0 Å². The minimum atomic E-state index is -0.761. The third-order valence-corrected chi connectivity index (χ3v) is 4.53. The lowest BCUT2D eigenvalue weighted by atomic mass is 9.98. The van der Waals surface area contributed by atoms with Crippen LogP contribution in [0.4, 0.5) is 4.39 Å². The van der Waals surface area contributed by atoms with Crippen LogP contribution in [0.25, 0.3) is 11.4 Å². The highest BCUT2D eigenvalue weighted by Gasteiger charge is 2.18. The van der Waals surface area contributed by atoms with E-state index in [-0.39, 0.29) is 18.1 Å². The quantitative estimate of drug-likeness (QED) is 0.897. The van der Waals surface area contributed by atoms with Gasteiger partial charge in [-0.15, -0.1) is 0 Å². The Morgan fingerprint density at radius 3 is 2.81 bits per heavy atom. The monoisotopic (exact) mass is 370 g/mol. The van der Waals surface area contributed by atoms with Crippen molar-refractivity contribution >= 4 is 5.91 Å². The Balaban J connectivity index is 1.86. The summed E-state index contributed by atoms with van der Waals surface area (Å²) in [5, 5.41) is 4.33. The second-order valence-corrected chi connectivity index (χ2v) is 6.62. The molecule has 2 N–H and O–H groups in total. The van der Waals surface area contributed by atoms with Crippen LogP contribution in [0.5, 0.6) is 0 Å². The van der Waals surface area contributed by atoms with Crippen molar-refractivity contribution in [1.82, 2.24) is 14.8 Å². The molecule has 7 heteroatoms. The first-order chi connectivity index (χ1) is 12.9. The van der Waals surface area contributed by atoms with Crippen molar-refractivity contribution in [2.45, 2.75) is 32.3 Å². The van der Waals surface area contributed by atoms with Gasteiger partial charge in [0.25, 0.3) is 5.91 Å². The largest absolute Gasteiger partial charge is 0.374 e. The fraction of sp³-hybridized carbons (Fsp3) is 0.350. The summed E-state index contributed by atoms with van der Waals surface area (Å²) in [5.74, 6) is -1.25. The van der Waals surface area contributed by atoms with E-state index >= 15 is 0 Å². The van der Waals surface area contributed by atoms with Gasteiger partial charge in [-0.2, -0.15) is 5.10 Å². The van der Waals surface area contributed by atoms with Crippen molar-refractivity contribution in [2.24, 2.45) is 12.8 Å². The predicted molar refractivity (Wildman–Crippen MR) is 100 cm³/mol. The molecule has 0 saturated carbocycles. The van der Waals surface area contributed by atoms with Gasteiger partial charge < -0.3 is 10.5 Å². The Morgan fingerprint density at radius 1 is 1.37 bits per heavy atom. The van der Waals surface area contributed by atoms with E-state index in [0.717, 1.165) is 22.5 Å². The highest BCUT2D eigenvalue weighted by molar-refractivity contribution is 5.95. The maximum atomic E-state index is 14.3. The van der Waals surface area contributed by atoms with Crippen LogP contribution >= 0.6 is 0 Å². The Bertz CT molecular complexity index is 884. The summed E-state index contributed by atoms with van der Waals surface area (Å²) in [4.78, 5) is 16.1. The minimum Gasteiger partial charge on any atom is -0.374 e. The maximum Gasteiger partial charge on any atom is 0.251 e. The zero-order valence-electron chi connectivity index (χ0n) is 15.5. The molecule has 3 heterocycles. The number of aromatic nitrogens is 3. The van der Waals surface area contributed by atoms with Gasteiger partial charge in [0.05, 0.1) is 17.4 Å². The van der Waals surface area contributed by atoms with Gasteiger partial charge in [-0.05, 0) is 49.1 Å². The smallest absolute Gasteiger partial charge is 0.251 e. The van der Waals surface area contributed by atoms with Gasteiger partial charge >= 0.3 is 0 Å². The summed E-state index contributed by atoms with van der Waals surface area (Å²) in [6.07, 6.45) is 6.04. The van der Waals surface area contributed by atoms with Crippen LogP contribution in [0.1, 0.15) is 25.3 Å². The molecule has 1 unspecified atom stereocenters. The second kappa shape index (κ2) is 8.26. The average Bonchev–Trinajstić information content (AvgIpc) is 3.09. The van der Waals surface area contributed by atoms with Crippen LogP contribution in [-0.2, 0) is 23.0 Å². The zero-order valence-corrected chi connectivity index (χ0v) is 15.5. The number of carbonyl (C=O) groups excluding carboxylic acids is 1. The van der Waals surface area contributed by atoms with Gasteiger partial charge in [0.1, 0.15) is 11.5 Å². The van der Waals surface area contributed by atoms with Crippen LogP contribution in [0, 0.1) is 0 Å². The molecule has 6 nitrogen and oxygen atoms in total. The average molecular weight is 370 g/mol. The number of amides is 1. The molecule has 2 aromatic rings. The first kappa shape index (κ1) is 19.0. The number of halogens is 1. The van der Waals surface area contributed by atoms with Gasteiger partial charge in [-0.3, -0.25) is 14.5 Å². The van der Waals surface area contributed by atoms with E-state index in [1.54, 1.807) is 10.9 Å². The van der Waals surface area contributed by atoms with Gasteiger partial charge in [-0.25, -0.2) is 4.39 Å². The highest BCUT2D eigenvalue weighted by atomic mass is 19.1. The fourth-order valence-electron chi connectivity index (χ4n) is 2.98. The normalized spacial score (nSPS) is 21.1. The molecule has 27 heavy (non-hydrogen) atoms. The molecule has 1 amide bonds. The topological polar surface area (TPSA) is 83.0 Å². The lowest BCUT2D eigenvalue weighted by Crippen LogP contribution is -2.17. The standard InChI is InChI=1S/C20H23FN4O2/c1-13-15(11-16(20(22)26)17(21)4-3-9-27-13)10-14-5-6-18(23-12-14)19-7-8-25(2)24-19/h5-8,11-13H,3-4,9-10H2,1-2H3,(H2,22,26)/b15-11?,17-16-. The summed E-state index contributed by atoms with van der Waals surface area (Å²) < 4.78 is 21.8. The van der Waals surface area contributed by atoms with E-state index in [2.05, 4.69) is 10.1 Å². The van der Waals surface area contributed by atoms with Crippen molar-refractivity contribution in [3.05, 3.63) is 59.2 Å². The highest BCUT2D eigenvalue weighted by Crippen LogP contribution is 2.23. The molecular formula is C20H23FN4O2. The zero-order chi connectivity index (χ0) is 19.4. The molecule has 0 bridgehead atoms. The van der Waals surface area contributed by atoms with Crippen molar-refractivity contribution in [3.63, 3.8) is 0 Å². The van der Waals surface area contributed by atoms with Crippen molar-refractivity contribution < 1.29 is 13.9 Å². The molecule has 0 fully saturated rings. The number of pyridine rings is 1. The van der Waals surface area contributed by atoms with E-state index < -0.39 is 11.7 Å². The number of ether oxygens (including phenoxy) is 1. The SMILES string of the molecule is CC1OCCC/C(F)=C(/C(N)=O)C=C1Cc1ccc(-c2ccn(C)n2)nc1. The number of nitrogens with two attached hydrogens (primary N) is 1. The van der Waals surface area contributed by atoms with Crippen LogP contribution in [0.2, 0.25) is 0 Å². The number of nitrogens with zero attached hydrogens (tertiary/aromatic N) is 3. The fourth-order valence-corrected chi connectivity index (χ4v) is 2.98. The molecule has 0 aromatic carbocycles. The Hall–Kier alpha value is -2.80. The van der Waals surface area contributed by atoms with E-state index in [4.69, 9.17) is 10.5 Å². The van der Waals surface area contributed by atoms with Crippen LogP contribution in [0.3, 0.4) is 0 Å². The minimum absolute atomic E-state index is 0.0691. The molecule has 1 aliphatic rings. The number of allylic oxidation sites excluding steroid dienone is 1. The molecule has 1 atom stereocenters. The summed E-state index contributed by atoms with van der Waals surface area (Å²) in [6, 6.07) is 5.73. The molecule has 0 spiro atoms. The number of hydrogen-bond donors (Lipinski definition) is 1. The van der Waals surface area contributed by atoms with Crippen molar-refractivity contribution in [2.75, 3.05) is 6.61 Å². The van der Waals surface area contributed by atoms with E-state index in [1.165, 1.54) is 6.08 Å². The molecule has 2 aromatic heterocycles. The van der Waals surface area contributed by atoms with Gasteiger partial charge in [0.15, 0.2) is 0 Å². The molecule has 1 aliphatic heterocycles. The Kier molecular flexibility index (Phi) is 5.81. The molecular weight excluding hydrogens is 347 g/mol. The first-order valence-corrected chi connectivity index (χ1v) is 8.89. The lowest BCUT2D eigenvalue weighted by molar-refractivity contribution is -0.114. The molecule has 0 aliphatic carbocycles. The van der Waals surface area contributed by atoms with Gasteiger partial charge in [0.2, 0.25) is 0 Å². The summed E-state index contributed by atoms with van der Waals surface area (Å²) in [7, 11) is 1.85.